The topological polar surface area (TPSA) is 59.8 Å². The zero-order chi connectivity index (χ0) is 17.4. The van der Waals surface area contributed by atoms with E-state index >= 15 is 0 Å². The number of ketones is 1. The molecule has 1 saturated heterocycles. The molecule has 1 fully saturated rings. The van der Waals surface area contributed by atoms with Crippen LogP contribution in [0.15, 0.2) is 34.7 Å². The molecule has 130 valence electrons. The van der Waals surface area contributed by atoms with Crippen LogP contribution in [0.5, 0.6) is 0 Å². The van der Waals surface area contributed by atoms with E-state index in [0.717, 1.165) is 18.4 Å². The standard InChI is InChI=1S/C20H21NO4/c1-13-18(19-15(22)8-5-9-16(19)25-13)20(23)21-10-11-24-17(12-21)14-6-3-2-4-7-14/h2-4,6-7,17H,5,8-12H2,1H3. The minimum Gasteiger partial charge on any atom is -0.465 e. The highest BCUT2D eigenvalue weighted by Gasteiger charge is 2.34. The SMILES string of the molecule is Cc1oc2c(c1C(=O)N1CCOC(c3ccccc3)C1)C(=O)CCC2. The van der Waals surface area contributed by atoms with E-state index in [1.165, 1.54) is 0 Å². The molecule has 2 aromatic rings. The van der Waals surface area contributed by atoms with Crippen molar-refractivity contribution in [1.29, 1.82) is 0 Å². The van der Waals surface area contributed by atoms with E-state index in [0.29, 0.717) is 48.8 Å². The van der Waals surface area contributed by atoms with Crippen LogP contribution >= 0.6 is 0 Å². The molecule has 0 saturated carbocycles. The Morgan fingerprint density at radius 3 is 2.80 bits per heavy atom. The summed E-state index contributed by atoms with van der Waals surface area (Å²) in [5.74, 6) is 1.12. The lowest BCUT2D eigenvalue weighted by Crippen LogP contribution is -2.42. The van der Waals surface area contributed by atoms with E-state index < -0.39 is 0 Å². The molecule has 4 rings (SSSR count). The number of carbonyl (C=O) groups is 2. The molecule has 1 aliphatic heterocycles. The third kappa shape index (κ3) is 2.89. The summed E-state index contributed by atoms with van der Waals surface area (Å²) in [5, 5.41) is 0. The van der Waals surface area contributed by atoms with Crippen LogP contribution in [0.4, 0.5) is 0 Å². The summed E-state index contributed by atoms with van der Waals surface area (Å²) in [5.41, 5.74) is 2.02. The van der Waals surface area contributed by atoms with Crippen molar-refractivity contribution in [2.75, 3.05) is 19.7 Å². The molecule has 5 heteroatoms. The number of hydrogen-bond donors (Lipinski definition) is 0. The number of carbonyl (C=O) groups excluding carboxylic acids is 2. The minimum atomic E-state index is -0.141. The number of hydrogen-bond acceptors (Lipinski definition) is 4. The third-order valence-corrected chi connectivity index (χ3v) is 4.98. The van der Waals surface area contributed by atoms with Gasteiger partial charge in [-0.2, -0.15) is 0 Å². The molecule has 1 atom stereocenters. The molecule has 2 heterocycles. The van der Waals surface area contributed by atoms with Gasteiger partial charge < -0.3 is 14.1 Å². The highest BCUT2D eigenvalue weighted by Crippen LogP contribution is 2.31. The molecule has 1 aromatic carbocycles. The summed E-state index contributed by atoms with van der Waals surface area (Å²) in [6, 6.07) is 9.91. The van der Waals surface area contributed by atoms with Gasteiger partial charge in [-0.15, -0.1) is 0 Å². The van der Waals surface area contributed by atoms with Crippen molar-refractivity contribution in [2.24, 2.45) is 0 Å². The van der Waals surface area contributed by atoms with E-state index in [9.17, 15) is 9.59 Å². The minimum absolute atomic E-state index is 0.0225. The number of aryl methyl sites for hydroxylation is 2. The molecular weight excluding hydrogens is 318 g/mol. The maximum absolute atomic E-state index is 13.1. The van der Waals surface area contributed by atoms with Crippen LogP contribution < -0.4 is 0 Å². The number of fused-ring (bicyclic) bond motifs is 1. The zero-order valence-corrected chi connectivity index (χ0v) is 14.3. The lowest BCUT2D eigenvalue weighted by molar-refractivity contribution is -0.0229. The molecule has 0 spiro atoms. The van der Waals surface area contributed by atoms with Gasteiger partial charge in [0.25, 0.3) is 5.91 Å². The Morgan fingerprint density at radius 2 is 2.00 bits per heavy atom. The van der Waals surface area contributed by atoms with Crippen LogP contribution in [0.2, 0.25) is 0 Å². The molecule has 25 heavy (non-hydrogen) atoms. The smallest absolute Gasteiger partial charge is 0.258 e. The fraction of sp³-hybridized carbons (Fsp3) is 0.400. The van der Waals surface area contributed by atoms with Crippen LogP contribution in [0.3, 0.4) is 0 Å². The van der Waals surface area contributed by atoms with Crippen LogP contribution in [0.1, 0.15) is 56.7 Å². The molecule has 1 aliphatic carbocycles. The third-order valence-electron chi connectivity index (χ3n) is 4.98. The monoisotopic (exact) mass is 339 g/mol. The normalized spacial score (nSPS) is 20.4. The van der Waals surface area contributed by atoms with Gasteiger partial charge in [-0.05, 0) is 18.9 Å². The molecule has 0 bridgehead atoms. The Labute approximate surface area is 146 Å². The first-order chi connectivity index (χ1) is 12.1. The van der Waals surface area contributed by atoms with Crippen molar-refractivity contribution in [3.8, 4) is 0 Å². The number of Topliss-reactive ketones (excluding diaryl/α,β-unsaturated/α-hetero) is 1. The van der Waals surface area contributed by atoms with E-state index in [4.69, 9.17) is 9.15 Å². The van der Waals surface area contributed by atoms with Gasteiger partial charge in [-0.3, -0.25) is 9.59 Å². The van der Waals surface area contributed by atoms with Crippen molar-refractivity contribution in [2.45, 2.75) is 32.3 Å². The molecule has 2 aliphatic rings. The maximum Gasteiger partial charge on any atom is 0.258 e. The number of morpholine rings is 1. The summed E-state index contributed by atoms with van der Waals surface area (Å²) in [6.07, 6.45) is 1.87. The fourth-order valence-corrected chi connectivity index (χ4v) is 3.73. The van der Waals surface area contributed by atoms with Crippen LogP contribution in [-0.2, 0) is 11.2 Å². The highest BCUT2D eigenvalue weighted by atomic mass is 16.5. The number of benzene rings is 1. The number of furan rings is 1. The summed E-state index contributed by atoms with van der Waals surface area (Å²) < 4.78 is 11.6. The number of amides is 1. The summed E-state index contributed by atoms with van der Waals surface area (Å²) >= 11 is 0. The average Bonchev–Trinajstić information content (AvgIpc) is 2.99. The van der Waals surface area contributed by atoms with Crippen molar-refractivity contribution in [1.82, 2.24) is 4.90 Å². The number of rotatable bonds is 2. The van der Waals surface area contributed by atoms with Gasteiger partial charge in [0.05, 0.1) is 24.3 Å². The van der Waals surface area contributed by atoms with Gasteiger partial charge in [0.15, 0.2) is 5.78 Å². The molecule has 1 aromatic heterocycles. The lowest BCUT2D eigenvalue weighted by atomic mass is 9.92. The second-order valence-corrected chi connectivity index (χ2v) is 6.63. The van der Waals surface area contributed by atoms with E-state index in [2.05, 4.69) is 0 Å². The summed E-state index contributed by atoms with van der Waals surface area (Å²) in [6.45, 7) is 3.26. The van der Waals surface area contributed by atoms with Gasteiger partial charge in [-0.25, -0.2) is 0 Å². The first-order valence-corrected chi connectivity index (χ1v) is 8.76. The molecule has 0 N–H and O–H groups in total. The maximum atomic E-state index is 13.1. The molecule has 1 unspecified atom stereocenters. The lowest BCUT2D eigenvalue weighted by Gasteiger charge is -2.33. The van der Waals surface area contributed by atoms with E-state index in [-0.39, 0.29) is 17.8 Å². The Bertz CT molecular complexity index is 809. The van der Waals surface area contributed by atoms with E-state index in [1.807, 2.05) is 30.3 Å². The summed E-state index contributed by atoms with van der Waals surface area (Å²) in [4.78, 5) is 27.3. The Morgan fingerprint density at radius 1 is 1.20 bits per heavy atom. The second kappa shape index (κ2) is 6.48. The largest absolute Gasteiger partial charge is 0.465 e. The van der Waals surface area contributed by atoms with Gasteiger partial charge in [0.1, 0.15) is 17.6 Å². The Kier molecular flexibility index (Phi) is 4.17. The Hall–Kier alpha value is -2.40. The number of nitrogens with zero attached hydrogens (tertiary/aromatic N) is 1. The first-order valence-electron chi connectivity index (χ1n) is 8.76. The molecule has 1 amide bonds. The van der Waals surface area contributed by atoms with Crippen LogP contribution in [0.25, 0.3) is 0 Å². The van der Waals surface area contributed by atoms with Crippen molar-refractivity contribution < 1.29 is 18.7 Å². The quantitative estimate of drug-likeness (QED) is 0.842. The first kappa shape index (κ1) is 16.1. The fourth-order valence-electron chi connectivity index (χ4n) is 3.73. The predicted octanol–water partition coefficient (Wildman–Crippen LogP) is 3.32. The zero-order valence-electron chi connectivity index (χ0n) is 14.3. The van der Waals surface area contributed by atoms with Crippen molar-refractivity contribution in [3.05, 3.63) is 58.5 Å². The van der Waals surface area contributed by atoms with E-state index in [1.54, 1.807) is 11.8 Å². The van der Waals surface area contributed by atoms with Crippen LogP contribution in [0, 0.1) is 6.92 Å². The summed E-state index contributed by atoms with van der Waals surface area (Å²) in [7, 11) is 0. The number of ether oxygens (including phenoxy) is 1. The van der Waals surface area contributed by atoms with Crippen LogP contribution in [-0.4, -0.2) is 36.3 Å². The van der Waals surface area contributed by atoms with Gasteiger partial charge >= 0.3 is 0 Å². The Balaban J connectivity index is 1.61. The van der Waals surface area contributed by atoms with Gasteiger partial charge in [0, 0.05) is 19.4 Å². The molecular formula is C20H21NO4. The molecule has 5 nitrogen and oxygen atoms in total. The predicted molar refractivity (Wildman–Crippen MR) is 91.8 cm³/mol. The molecule has 0 radical (unpaired) electrons. The second-order valence-electron chi connectivity index (χ2n) is 6.63. The van der Waals surface area contributed by atoms with Crippen molar-refractivity contribution in [3.63, 3.8) is 0 Å². The highest BCUT2D eigenvalue weighted by molar-refractivity contribution is 6.10. The van der Waals surface area contributed by atoms with Crippen molar-refractivity contribution >= 4 is 11.7 Å². The average molecular weight is 339 g/mol. The van der Waals surface area contributed by atoms with Gasteiger partial charge in [-0.1, -0.05) is 30.3 Å². The van der Waals surface area contributed by atoms with Gasteiger partial charge in [0.2, 0.25) is 0 Å².